The maximum absolute atomic E-state index is 11.9. The third-order valence-corrected chi connectivity index (χ3v) is 3.58. The third kappa shape index (κ3) is 3.32. The molecule has 3 heteroatoms. The molecule has 0 amide bonds. The van der Waals surface area contributed by atoms with E-state index in [-0.39, 0.29) is 17.4 Å². The minimum atomic E-state index is -0.00226. The van der Waals surface area contributed by atoms with Gasteiger partial charge in [0.2, 0.25) is 0 Å². The molecular formula is C14H23NO2. The molecule has 3 nitrogen and oxygen atoms in total. The lowest BCUT2D eigenvalue weighted by Crippen LogP contribution is -2.38. The maximum atomic E-state index is 11.9. The number of fused-ring (bicyclic) bond motifs is 2. The van der Waals surface area contributed by atoms with Gasteiger partial charge >= 0.3 is 5.97 Å². The summed E-state index contributed by atoms with van der Waals surface area (Å²) in [5.74, 6) is 1.20. The molecule has 0 spiro atoms. The van der Waals surface area contributed by atoms with Crippen LogP contribution in [0.25, 0.3) is 0 Å². The summed E-state index contributed by atoms with van der Waals surface area (Å²) in [6.45, 7) is 7.53. The van der Waals surface area contributed by atoms with Crippen LogP contribution in [0.1, 0.15) is 33.6 Å². The van der Waals surface area contributed by atoms with E-state index in [1.165, 1.54) is 0 Å². The summed E-state index contributed by atoms with van der Waals surface area (Å²) in [5, 5.41) is 3.31. The summed E-state index contributed by atoms with van der Waals surface area (Å²) in [6.07, 6.45) is 6.58. The highest BCUT2D eigenvalue weighted by Crippen LogP contribution is 2.43. The first kappa shape index (κ1) is 12.6. The van der Waals surface area contributed by atoms with Gasteiger partial charge in [-0.15, -0.1) is 0 Å². The van der Waals surface area contributed by atoms with Gasteiger partial charge in [-0.05, 0) is 45.4 Å². The maximum Gasteiger partial charge on any atom is 0.309 e. The number of hydrogen-bond donors (Lipinski definition) is 1. The normalized spacial score (nSPS) is 30.9. The fraction of sp³-hybridized carbons (Fsp3) is 0.786. The van der Waals surface area contributed by atoms with Crippen molar-refractivity contribution in [1.82, 2.24) is 5.32 Å². The molecule has 17 heavy (non-hydrogen) atoms. The zero-order valence-electron chi connectivity index (χ0n) is 11.0. The van der Waals surface area contributed by atoms with E-state index in [0.29, 0.717) is 18.4 Å². The van der Waals surface area contributed by atoms with Crippen LogP contribution in [0.2, 0.25) is 0 Å². The predicted octanol–water partition coefficient (Wildman–Crippen LogP) is 2.13. The van der Waals surface area contributed by atoms with E-state index in [1.807, 2.05) is 0 Å². The Kier molecular flexibility index (Phi) is 3.57. The number of carbonyl (C=O) groups is 1. The highest BCUT2D eigenvalue weighted by atomic mass is 16.5. The zero-order chi connectivity index (χ0) is 12.5. The van der Waals surface area contributed by atoms with Gasteiger partial charge in [-0.25, -0.2) is 0 Å². The Morgan fingerprint density at radius 1 is 1.35 bits per heavy atom. The molecule has 0 radical (unpaired) electrons. The van der Waals surface area contributed by atoms with Crippen LogP contribution in [0, 0.1) is 17.8 Å². The summed E-state index contributed by atoms with van der Waals surface area (Å²) < 4.78 is 5.34. The molecule has 3 atom stereocenters. The van der Waals surface area contributed by atoms with Gasteiger partial charge < -0.3 is 10.1 Å². The molecule has 1 saturated carbocycles. The number of nitrogens with one attached hydrogen (secondary N) is 1. The Morgan fingerprint density at radius 3 is 2.65 bits per heavy atom. The second-order valence-corrected chi connectivity index (χ2v) is 6.23. The van der Waals surface area contributed by atoms with E-state index >= 15 is 0 Å². The predicted molar refractivity (Wildman–Crippen MR) is 67.6 cm³/mol. The van der Waals surface area contributed by atoms with Gasteiger partial charge in [0, 0.05) is 12.1 Å². The summed E-state index contributed by atoms with van der Waals surface area (Å²) >= 11 is 0. The number of allylic oxidation sites excluding steroid dienone is 2. The highest BCUT2D eigenvalue weighted by molar-refractivity contribution is 5.74. The Balaban J connectivity index is 1.67. The summed E-state index contributed by atoms with van der Waals surface area (Å²) in [5.41, 5.74) is 0.0849. The van der Waals surface area contributed by atoms with Crippen molar-refractivity contribution in [2.75, 3.05) is 13.2 Å². The van der Waals surface area contributed by atoms with Gasteiger partial charge in [0.1, 0.15) is 6.61 Å². The summed E-state index contributed by atoms with van der Waals surface area (Å²) in [7, 11) is 0. The van der Waals surface area contributed by atoms with E-state index in [4.69, 9.17) is 4.74 Å². The SMILES string of the molecule is CC(C)(C)NCCOC(=O)C1CC2C=CC1C2. The molecule has 0 heterocycles. The molecule has 0 aliphatic heterocycles. The molecule has 1 N–H and O–H groups in total. The van der Waals surface area contributed by atoms with Crippen LogP contribution in [0.4, 0.5) is 0 Å². The average molecular weight is 237 g/mol. The molecule has 0 saturated heterocycles. The molecule has 0 aromatic carbocycles. The number of hydrogen-bond acceptors (Lipinski definition) is 3. The lowest BCUT2D eigenvalue weighted by Gasteiger charge is -2.21. The zero-order valence-corrected chi connectivity index (χ0v) is 11.0. The highest BCUT2D eigenvalue weighted by Gasteiger charge is 2.40. The van der Waals surface area contributed by atoms with Gasteiger partial charge in [0.05, 0.1) is 5.92 Å². The Labute approximate surface area is 104 Å². The topological polar surface area (TPSA) is 38.3 Å². The van der Waals surface area contributed by atoms with Crippen LogP contribution < -0.4 is 5.32 Å². The van der Waals surface area contributed by atoms with Gasteiger partial charge in [-0.1, -0.05) is 12.2 Å². The number of carbonyl (C=O) groups excluding carboxylic acids is 1. The van der Waals surface area contributed by atoms with Crippen molar-refractivity contribution in [3.63, 3.8) is 0 Å². The van der Waals surface area contributed by atoms with Crippen LogP contribution in [0.3, 0.4) is 0 Å². The van der Waals surface area contributed by atoms with Crippen molar-refractivity contribution in [2.45, 2.75) is 39.2 Å². The first-order valence-electron chi connectivity index (χ1n) is 6.56. The molecule has 2 bridgehead atoms. The molecule has 3 unspecified atom stereocenters. The van der Waals surface area contributed by atoms with Crippen molar-refractivity contribution in [1.29, 1.82) is 0 Å². The van der Waals surface area contributed by atoms with Crippen LogP contribution >= 0.6 is 0 Å². The lowest BCUT2D eigenvalue weighted by molar-refractivity contribution is -0.149. The molecule has 0 aromatic heterocycles. The van der Waals surface area contributed by atoms with Gasteiger partial charge in [-0.3, -0.25) is 4.79 Å². The van der Waals surface area contributed by atoms with Crippen molar-refractivity contribution >= 4 is 5.97 Å². The Morgan fingerprint density at radius 2 is 2.12 bits per heavy atom. The molecule has 2 aliphatic carbocycles. The number of rotatable bonds is 4. The average Bonchev–Trinajstić information content (AvgIpc) is 2.84. The third-order valence-electron chi connectivity index (χ3n) is 3.58. The number of ether oxygens (including phenoxy) is 1. The largest absolute Gasteiger partial charge is 0.464 e. The summed E-state index contributed by atoms with van der Waals surface area (Å²) in [4.78, 5) is 11.9. The van der Waals surface area contributed by atoms with E-state index in [2.05, 4.69) is 38.2 Å². The van der Waals surface area contributed by atoms with Gasteiger partial charge in [0.25, 0.3) is 0 Å². The first-order chi connectivity index (χ1) is 7.96. The minimum Gasteiger partial charge on any atom is -0.464 e. The number of esters is 1. The quantitative estimate of drug-likeness (QED) is 0.462. The van der Waals surface area contributed by atoms with E-state index < -0.39 is 0 Å². The van der Waals surface area contributed by atoms with E-state index in [1.54, 1.807) is 0 Å². The standard InChI is InChI=1S/C14H23NO2/c1-14(2,3)15-6-7-17-13(16)12-9-10-4-5-11(12)8-10/h4-5,10-12,15H,6-9H2,1-3H3. The lowest BCUT2D eigenvalue weighted by atomic mass is 9.94. The van der Waals surface area contributed by atoms with Gasteiger partial charge in [0.15, 0.2) is 0 Å². The first-order valence-corrected chi connectivity index (χ1v) is 6.56. The van der Waals surface area contributed by atoms with Crippen molar-refractivity contribution < 1.29 is 9.53 Å². The Hall–Kier alpha value is -0.830. The van der Waals surface area contributed by atoms with E-state index in [9.17, 15) is 4.79 Å². The van der Waals surface area contributed by atoms with Gasteiger partial charge in [-0.2, -0.15) is 0 Å². The van der Waals surface area contributed by atoms with Crippen molar-refractivity contribution in [2.24, 2.45) is 17.8 Å². The van der Waals surface area contributed by atoms with Crippen molar-refractivity contribution in [3.8, 4) is 0 Å². The van der Waals surface area contributed by atoms with Crippen molar-refractivity contribution in [3.05, 3.63) is 12.2 Å². The van der Waals surface area contributed by atoms with Crippen LogP contribution in [0.5, 0.6) is 0 Å². The second kappa shape index (κ2) is 4.81. The minimum absolute atomic E-state index is 0.00226. The smallest absolute Gasteiger partial charge is 0.309 e. The Bertz CT molecular complexity index is 317. The molecule has 1 fully saturated rings. The summed E-state index contributed by atoms with van der Waals surface area (Å²) in [6, 6.07) is 0. The molecule has 2 aliphatic rings. The fourth-order valence-corrected chi connectivity index (χ4v) is 2.74. The van der Waals surface area contributed by atoms with E-state index in [0.717, 1.165) is 19.4 Å². The van der Waals surface area contributed by atoms with Crippen LogP contribution in [0.15, 0.2) is 12.2 Å². The monoisotopic (exact) mass is 237 g/mol. The second-order valence-electron chi connectivity index (χ2n) is 6.23. The fourth-order valence-electron chi connectivity index (χ4n) is 2.74. The molecule has 2 rings (SSSR count). The van der Waals surface area contributed by atoms with Crippen LogP contribution in [-0.2, 0) is 9.53 Å². The molecule has 96 valence electrons. The van der Waals surface area contributed by atoms with Crippen LogP contribution in [-0.4, -0.2) is 24.7 Å². The molecule has 0 aromatic rings. The molecular weight excluding hydrogens is 214 g/mol.